The summed E-state index contributed by atoms with van der Waals surface area (Å²) in [7, 11) is 0. The third kappa shape index (κ3) is 5.13. The lowest BCUT2D eigenvalue weighted by atomic mass is 10.1. The summed E-state index contributed by atoms with van der Waals surface area (Å²) in [5.41, 5.74) is -0.199. The predicted octanol–water partition coefficient (Wildman–Crippen LogP) is 7.01. The molecule has 1 aliphatic heterocycles. The molecule has 35 heavy (non-hydrogen) atoms. The van der Waals surface area contributed by atoms with Gasteiger partial charge in [0.25, 0.3) is 11.6 Å². The van der Waals surface area contributed by atoms with E-state index in [1.165, 1.54) is 17.0 Å². The molecule has 0 saturated carbocycles. The number of para-hydroxylation sites is 1. The van der Waals surface area contributed by atoms with Gasteiger partial charge in [-0.3, -0.25) is 29.9 Å². The number of ether oxygens (including phenoxy) is 1. The molecule has 1 saturated heterocycles. The molecule has 0 unspecified atom stereocenters. The van der Waals surface area contributed by atoms with Crippen molar-refractivity contribution in [3.63, 3.8) is 0 Å². The van der Waals surface area contributed by atoms with Crippen molar-refractivity contribution < 1.29 is 19.4 Å². The van der Waals surface area contributed by atoms with E-state index in [1.807, 2.05) is 0 Å². The SMILES string of the molecule is O=C1/C(=C/c2ccccc2Oc2ccc([N+](=O)[O-])cc2[N+](=O)[O-])SC(=S)N1c1ccc(Cl)cc1Cl. The molecule has 176 valence electrons. The van der Waals surface area contributed by atoms with Crippen LogP contribution in [0.5, 0.6) is 11.5 Å². The van der Waals surface area contributed by atoms with Crippen LogP contribution in [0.4, 0.5) is 17.1 Å². The normalized spacial score (nSPS) is 14.5. The molecular formula is C22H11Cl2N3O6S2. The van der Waals surface area contributed by atoms with Crippen molar-refractivity contribution >= 4 is 80.5 Å². The van der Waals surface area contributed by atoms with Crippen molar-refractivity contribution in [2.75, 3.05) is 4.90 Å². The maximum Gasteiger partial charge on any atom is 0.318 e. The molecule has 0 N–H and O–H groups in total. The molecule has 1 aliphatic rings. The zero-order chi connectivity index (χ0) is 25.3. The maximum absolute atomic E-state index is 13.1. The second-order valence-electron chi connectivity index (χ2n) is 6.92. The van der Waals surface area contributed by atoms with Crippen LogP contribution in [0.25, 0.3) is 6.08 Å². The zero-order valence-electron chi connectivity index (χ0n) is 17.2. The highest BCUT2D eigenvalue weighted by Crippen LogP contribution is 2.41. The van der Waals surface area contributed by atoms with Crippen LogP contribution in [0.2, 0.25) is 10.0 Å². The minimum Gasteiger partial charge on any atom is -0.449 e. The lowest BCUT2D eigenvalue weighted by Gasteiger charge is -2.16. The molecule has 3 aromatic carbocycles. The van der Waals surface area contributed by atoms with E-state index in [9.17, 15) is 25.0 Å². The number of thiocarbonyl (C=S) groups is 1. The summed E-state index contributed by atoms with van der Waals surface area (Å²) in [6.07, 6.45) is 1.54. The summed E-state index contributed by atoms with van der Waals surface area (Å²) in [6.45, 7) is 0. The van der Waals surface area contributed by atoms with Crippen molar-refractivity contribution in [3.05, 3.63) is 101 Å². The van der Waals surface area contributed by atoms with Crippen LogP contribution in [0.1, 0.15) is 5.56 Å². The van der Waals surface area contributed by atoms with E-state index in [0.29, 0.717) is 16.3 Å². The Balaban J connectivity index is 1.68. The smallest absolute Gasteiger partial charge is 0.318 e. The van der Waals surface area contributed by atoms with Gasteiger partial charge in [-0.05, 0) is 36.4 Å². The number of carbonyl (C=O) groups is 1. The Morgan fingerprint density at radius 2 is 1.71 bits per heavy atom. The van der Waals surface area contributed by atoms with E-state index in [0.717, 1.165) is 30.0 Å². The second kappa shape index (κ2) is 10.0. The van der Waals surface area contributed by atoms with Crippen molar-refractivity contribution in [1.82, 2.24) is 0 Å². The number of nitro groups is 2. The average Bonchev–Trinajstić information content (AvgIpc) is 3.08. The van der Waals surface area contributed by atoms with E-state index >= 15 is 0 Å². The van der Waals surface area contributed by atoms with E-state index in [-0.39, 0.29) is 25.7 Å². The zero-order valence-corrected chi connectivity index (χ0v) is 20.4. The lowest BCUT2D eigenvalue weighted by Crippen LogP contribution is -2.27. The second-order valence-corrected chi connectivity index (χ2v) is 9.44. The Bertz CT molecular complexity index is 1450. The van der Waals surface area contributed by atoms with Gasteiger partial charge in [-0.2, -0.15) is 0 Å². The third-order valence-electron chi connectivity index (χ3n) is 4.72. The fourth-order valence-electron chi connectivity index (χ4n) is 3.14. The Labute approximate surface area is 217 Å². The summed E-state index contributed by atoms with van der Waals surface area (Å²) in [5.74, 6) is -0.415. The van der Waals surface area contributed by atoms with Crippen molar-refractivity contribution in [2.24, 2.45) is 0 Å². The number of non-ortho nitro benzene ring substituents is 1. The number of amides is 1. The summed E-state index contributed by atoms with van der Waals surface area (Å²) in [4.78, 5) is 35.6. The largest absolute Gasteiger partial charge is 0.449 e. The standard InChI is InChI=1S/C22H11Cl2N3O6S2/c23-13-5-7-16(15(24)10-13)25-21(28)20(35-22(25)34)9-12-3-1-2-4-18(12)33-19-8-6-14(26(29)30)11-17(19)27(31)32/h1-11H/b20-9-. The number of nitro benzene ring substituents is 2. The van der Waals surface area contributed by atoms with Gasteiger partial charge in [0, 0.05) is 16.7 Å². The molecule has 0 spiro atoms. The number of hydrogen-bond donors (Lipinski definition) is 0. The van der Waals surface area contributed by atoms with Gasteiger partial charge in [-0.25, -0.2) is 0 Å². The van der Waals surface area contributed by atoms with Gasteiger partial charge >= 0.3 is 5.69 Å². The third-order valence-corrected chi connectivity index (χ3v) is 6.56. The van der Waals surface area contributed by atoms with Gasteiger partial charge in [0.05, 0.1) is 31.5 Å². The molecule has 0 bridgehead atoms. The minimum atomic E-state index is -0.772. The lowest BCUT2D eigenvalue weighted by molar-refractivity contribution is -0.394. The van der Waals surface area contributed by atoms with Crippen LogP contribution in [-0.4, -0.2) is 20.1 Å². The molecule has 9 nitrogen and oxygen atoms in total. The first-order chi connectivity index (χ1) is 16.7. The number of hydrogen-bond acceptors (Lipinski definition) is 8. The quantitative estimate of drug-likeness (QED) is 0.140. The number of carbonyl (C=O) groups excluding carboxylic acids is 1. The number of rotatable bonds is 6. The number of thioether (sulfide) groups is 1. The van der Waals surface area contributed by atoms with Gasteiger partial charge in [0.2, 0.25) is 5.75 Å². The fourth-order valence-corrected chi connectivity index (χ4v) is 4.91. The first kappa shape index (κ1) is 24.6. The molecule has 0 aliphatic carbocycles. The van der Waals surface area contributed by atoms with Crippen LogP contribution in [0.15, 0.2) is 65.6 Å². The van der Waals surface area contributed by atoms with E-state index in [1.54, 1.807) is 36.4 Å². The maximum atomic E-state index is 13.1. The number of anilines is 1. The number of nitrogens with zero attached hydrogens (tertiary/aromatic N) is 3. The van der Waals surface area contributed by atoms with Gasteiger partial charge in [-0.1, -0.05) is 65.4 Å². The van der Waals surface area contributed by atoms with Gasteiger partial charge in [0.1, 0.15) is 5.75 Å². The van der Waals surface area contributed by atoms with Crippen molar-refractivity contribution in [2.45, 2.75) is 0 Å². The van der Waals surface area contributed by atoms with Gasteiger partial charge in [-0.15, -0.1) is 0 Å². The topological polar surface area (TPSA) is 116 Å². The Kier molecular flexibility index (Phi) is 7.03. The van der Waals surface area contributed by atoms with Gasteiger partial charge < -0.3 is 4.74 Å². The van der Waals surface area contributed by atoms with Crippen molar-refractivity contribution in [3.8, 4) is 11.5 Å². The highest BCUT2D eigenvalue weighted by Gasteiger charge is 2.34. The summed E-state index contributed by atoms with van der Waals surface area (Å²) < 4.78 is 6.00. The van der Waals surface area contributed by atoms with E-state index in [4.69, 9.17) is 40.2 Å². The molecule has 1 amide bonds. The van der Waals surface area contributed by atoms with Crippen molar-refractivity contribution in [1.29, 1.82) is 0 Å². The van der Waals surface area contributed by atoms with Crippen LogP contribution in [-0.2, 0) is 4.79 Å². The Morgan fingerprint density at radius 3 is 2.40 bits per heavy atom. The van der Waals surface area contributed by atoms with Crippen LogP contribution >= 0.6 is 47.2 Å². The predicted molar refractivity (Wildman–Crippen MR) is 138 cm³/mol. The molecule has 4 rings (SSSR count). The average molecular weight is 548 g/mol. The number of halogens is 2. The summed E-state index contributed by atoms with van der Waals surface area (Å²) >= 11 is 18.6. The van der Waals surface area contributed by atoms with Gasteiger partial charge in [0.15, 0.2) is 4.32 Å². The van der Waals surface area contributed by atoms with Crippen LogP contribution in [0, 0.1) is 20.2 Å². The Hall–Kier alpha value is -3.51. The fraction of sp³-hybridized carbons (Fsp3) is 0. The summed E-state index contributed by atoms with van der Waals surface area (Å²) in [5, 5.41) is 23.1. The minimum absolute atomic E-state index is 0.193. The molecule has 13 heteroatoms. The molecule has 1 heterocycles. The molecule has 3 aromatic rings. The highest BCUT2D eigenvalue weighted by atomic mass is 35.5. The van der Waals surface area contributed by atoms with E-state index in [2.05, 4.69) is 0 Å². The highest BCUT2D eigenvalue weighted by molar-refractivity contribution is 8.27. The molecule has 0 aromatic heterocycles. The van der Waals surface area contributed by atoms with E-state index < -0.39 is 27.1 Å². The molecule has 1 fully saturated rings. The monoisotopic (exact) mass is 547 g/mol. The van der Waals surface area contributed by atoms with Crippen LogP contribution in [0.3, 0.4) is 0 Å². The summed E-state index contributed by atoms with van der Waals surface area (Å²) in [6, 6.07) is 14.3. The molecule has 0 radical (unpaired) electrons. The molecule has 0 atom stereocenters. The molecular weight excluding hydrogens is 537 g/mol. The number of benzene rings is 3. The first-order valence-electron chi connectivity index (χ1n) is 9.58. The first-order valence-corrected chi connectivity index (χ1v) is 11.6. The Morgan fingerprint density at radius 1 is 0.971 bits per heavy atom. The van der Waals surface area contributed by atoms with Crippen LogP contribution < -0.4 is 9.64 Å².